The summed E-state index contributed by atoms with van der Waals surface area (Å²) in [5.41, 5.74) is 3.11. The predicted octanol–water partition coefficient (Wildman–Crippen LogP) is 2.56. The highest BCUT2D eigenvalue weighted by Crippen LogP contribution is 2.20. The maximum atomic E-state index is 12.2. The third-order valence-electron chi connectivity index (χ3n) is 4.49. The van der Waals surface area contributed by atoms with E-state index in [1.165, 1.54) is 0 Å². The molecule has 0 saturated carbocycles. The molecule has 8 heteroatoms. The van der Waals surface area contributed by atoms with Gasteiger partial charge in [0.2, 0.25) is 0 Å². The van der Waals surface area contributed by atoms with Gasteiger partial charge in [0, 0.05) is 11.4 Å². The van der Waals surface area contributed by atoms with Gasteiger partial charge in [0.05, 0.1) is 0 Å². The average Bonchev–Trinajstić information content (AvgIpc) is 2.92. The van der Waals surface area contributed by atoms with E-state index < -0.39 is 23.4 Å². The number of hydrazine groups is 1. The van der Waals surface area contributed by atoms with Crippen LogP contribution < -0.4 is 20.8 Å². The highest BCUT2D eigenvalue weighted by atomic mass is 16.5. The van der Waals surface area contributed by atoms with E-state index in [1.54, 1.807) is 26.0 Å². The molecule has 146 valence electrons. The molecule has 1 heterocycles. The molecule has 0 unspecified atom stereocenters. The summed E-state index contributed by atoms with van der Waals surface area (Å²) >= 11 is 0. The van der Waals surface area contributed by atoms with Crippen molar-refractivity contribution in [2.24, 2.45) is 0 Å². The van der Waals surface area contributed by atoms with Crippen LogP contribution in [0.2, 0.25) is 0 Å². The number of nitrogens with zero attached hydrogens (tertiary/aromatic N) is 1. The minimum atomic E-state index is -1.01. The van der Waals surface area contributed by atoms with E-state index in [4.69, 9.17) is 4.74 Å². The molecular weight excluding hydrogens is 360 g/mol. The fourth-order valence-electron chi connectivity index (χ4n) is 2.65. The number of ether oxygens (including phenoxy) is 1. The molecule has 1 aliphatic rings. The lowest BCUT2D eigenvalue weighted by Crippen LogP contribution is -2.49. The van der Waals surface area contributed by atoms with Gasteiger partial charge < -0.3 is 15.4 Å². The Labute approximate surface area is 162 Å². The summed E-state index contributed by atoms with van der Waals surface area (Å²) in [4.78, 5) is 36.2. The molecular formula is C20H22N4O4. The Morgan fingerprint density at radius 3 is 2.32 bits per heavy atom. The maximum absolute atomic E-state index is 12.2. The van der Waals surface area contributed by atoms with Crippen molar-refractivity contribution in [3.05, 3.63) is 54.6 Å². The van der Waals surface area contributed by atoms with Crippen molar-refractivity contribution in [1.82, 2.24) is 15.8 Å². The van der Waals surface area contributed by atoms with E-state index >= 15 is 0 Å². The first-order chi connectivity index (χ1) is 13.4. The van der Waals surface area contributed by atoms with Gasteiger partial charge in [-0.25, -0.2) is 4.79 Å². The molecule has 1 aliphatic heterocycles. The lowest BCUT2D eigenvalue weighted by molar-refractivity contribution is -0.139. The number of urea groups is 1. The second-order valence-electron chi connectivity index (χ2n) is 6.60. The Kier molecular flexibility index (Phi) is 5.49. The number of anilines is 2. The number of para-hydroxylation sites is 1. The number of benzene rings is 2. The Bertz CT molecular complexity index is 870. The molecule has 0 aromatic heterocycles. The predicted molar refractivity (Wildman–Crippen MR) is 104 cm³/mol. The molecule has 28 heavy (non-hydrogen) atoms. The highest BCUT2D eigenvalue weighted by molar-refractivity contribution is 6.07. The van der Waals surface area contributed by atoms with E-state index in [9.17, 15) is 14.4 Å². The quantitative estimate of drug-likeness (QED) is 0.639. The zero-order valence-corrected chi connectivity index (χ0v) is 15.7. The molecule has 4 amide bonds. The van der Waals surface area contributed by atoms with Crippen molar-refractivity contribution in [2.45, 2.75) is 25.8 Å². The van der Waals surface area contributed by atoms with E-state index in [0.717, 1.165) is 11.4 Å². The molecule has 8 nitrogen and oxygen atoms in total. The zero-order valence-electron chi connectivity index (χ0n) is 15.7. The maximum Gasteiger partial charge on any atom is 0.344 e. The average molecular weight is 382 g/mol. The van der Waals surface area contributed by atoms with Crippen LogP contribution in [0.1, 0.15) is 20.3 Å². The van der Waals surface area contributed by atoms with Crippen molar-refractivity contribution in [3.63, 3.8) is 0 Å². The fraction of sp³-hybridized carbons (Fsp3) is 0.250. The number of rotatable bonds is 7. The Morgan fingerprint density at radius 2 is 1.71 bits per heavy atom. The van der Waals surface area contributed by atoms with Gasteiger partial charge in [0.25, 0.3) is 11.8 Å². The largest absolute Gasteiger partial charge is 0.484 e. The monoisotopic (exact) mass is 382 g/mol. The number of carbonyl (C=O) groups is 3. The van der Waals surface area contributed by atoms with Crippen LogP contribution in [0, 0.1) is 0 Å². The number of nitrogens with one attached hydrogen (secondary N) is 3. The lowest BCUT2D eigenvalue weighted by atomic mass is 10.00. The van der Waals surface area contributed by atoms with Gasteiger partial charge in [0.1, 0.15) is 11.3 Å². The van der Waals surface area contributed by atoms with Crippen LogP contribution in [-0.4, -0.2) is 35.0 Å². The number of carbonyl (C=O) groups excluding carboxylic acids is 3. The topological polar surface area (TPSA) is 99.8 Å². The molecule has 0 radical (unpaired) electrons. The summed E-state index contributed by atoms with van der Waals surface area (Å²) in [6, 6.07) is 16.2. The first kappa shape index (κ1) is 19.2. The molecule has 3 N–H and O–H groups in total. The van der Waals surface area contributed by atoms with Crippen molar-refractivity contribution < 1.29 is 19.1 Å². The summed E-state index contributed by atoms with van der Waals surface area (Å²) in [5.74, 6) is -0.607. The van der Waals surface area contributed by atoms with Crippen LogP contribution in [0.3, 0.4) is 0 Å². The second kappa shape index (κ2) is 7.99. The van der Waals surface area contributed by atoms with E-state index in [2.05, 4.69) is 16.1 Å². The molecule has 0 spiro atoms. The Balaban J connectivity index is 1.51. The van der Waals surface area contributed by atoms with Crippen LogP contribution in [0.15, 0.2) is 54.6 Å². The first-order valence-electron chi connectivity index (χ1n) is 8.92. The van der Waals surface area contributed by atoms with Gasteiger partial charge in [0.15, 0.2) is 6.61 Å². The summed E-state index contributed by atoms with van der Waals surface area (Å²) in [7, 11) is 0. The van der Waals surface area contributed by atoms with Crippen molar-refractivity contribution in [3.8, 4) is 5.75 Å². The van der Waals surface area contributed by atoms with Gasteiger partial charge in [-0.3, -0.25) is 15.0 Å². The van der Waals surface area contributed by atoms with Crippen LogP contribution in [-0.2, 0) is 9.59 Å². The number of hydrogen-bond donors (Lipinski definition) is 3. The SMILES string of the molecule is CC[C@]1(C)NC(=O)N(NC(=O)COc2ccc(Nc3ccccc3)cc2)C1=O. The van der Waals surface area contributed by atoms with Crippen LogP contribution in [0.5, 0.6) is 5.75 Å². The van der Waals surface area contributed by atoms with Crippen LogP contribution in [0.25, 0.3) is 0 Å². The van der Waals surface area contributed by atoms with E-state index in [1.807, 2.05) is 42.5 Å². The summed E-state index contributed by atoms with van der Waals surface area (Å²) in [6.45, 7) is 3.06. The zero-order chi connectivity index (χ0) is 20.1. The minimum Gasteiger partial charge on any atom is -0.484 e. The molecule has 2 aromatic carbocycles. The van der Waals surface area contributed by atoms with Crippen LogP contribution >= 0.6 is 0 Å². The number of hydrogen-bond acceptors (Lipinski definition) is 5. The standard InChI is InChI=1S/C20H22N4O4/c1-3-20(2)18(26)24(19(27)22-20)23-17(25)13-28-16-11-9-15(10-12-16)21-14-7-5-4-6-8-14/h4-12,21H,3,13H2,1-2H3,(H,22,27)(H,23,25)/t20-/m0/s1. The van der Waals surface area contributed by atoms with Crippen molar-refractivity contribution in [1.29, 1.82) is 0 Å². The third-order valence-corrected chi connectivity index (χ3v) is 4.49. The summed E-state index contributed by atoms with van der Waals surface area (Å²) < 4.78 is 5.42. The van der Waals surface area contributed by atoms with Gasteiger partial charge >= 0.3 is 6.03 Å². The Morgan fingerprint density at radius 1 is 1.07 bits per heavy atom. The smallest absolute Gasteiger partial charge is 0.344 e. The van der Waals surface area contributed by atoms with E-state index in [0.29, 0.717) is 17.2 Å². The van der Waals surface area contributed by atoms with Crippen LogP contribution in [0.4, 0.5) is 16.2 Å². The molecule has 0 bridgehead atoms. The number of imide groups is 1. The van der Waals surface area contributed by atoms with E-state index in [-0.39, 0.29) is 6.61 Å². The molecule has 1 saturated heterocycles. The summed E-state index contributed by atoms with van der Waals surface area (Å²) in [5, 5.41) is 6.50. The van der Waals surface area contributed by atoms with Crippen molar-refractivity contribution >= 4 is 29.2 Å². The summed E-state index contributed by atoms with van der Waals surface area (Å²) in [6.07, 6.45) is 0.420. The van der Waals surface area contributed by atoms with Gasteiger partial charge in [-0.05, 0) is 49.7 Å². The minimum absolute atomic E-state index is 0.328. The third kappa shape index (κ3) is 4.22. The molecule has 3 rings (SSSR count). The fourth-order valence-corrected chi connectivity index (χ4v) is 2.65. The molecule has 0 aliphatic carbocycles. The van der Waals surface area contributed by atoms with Crippen molar-refractivity contribution in [2.75, 3.05) is 11.9 Å². The highest BCUT2D eigenvalue weighted by Gasteiger charge is 2.47. The van der Waals surface area contributed by atoms with Gasteiger partial charge in [-0.15, -0.1) is 0 Å². The Hall–Kier alpha value is -3.55. The first-order valence-corrected chi connectivity index (χ1v) is 8.92. The van der Waals surface area contributed by atoms with Gasteiger partial charge in [-0.1, -0.05) is 25.1 Å². The molecule has 1 atom stereocenters. The molecule has 1 fully saturated rings. The second-order valence-corrected chi connectivity index (χ2v) is 6.60. The molecule has 2 aromatic rings. The number of amides is 4. The lowest BCUT2D eigenvalue weighted by Gasteiger charge is -2.19. The normalized spacial score (nSPS) is 18.6. The van der Waals surface area contributed by atoms with Gasteiger partial charge in [-0.2, -0.15) is 5.01 Å².